The maximum absolute atomic E-state index is 13.0. The van der Waals surface area contributed by atoms with Gasteiger partial charge in [0, 0.05) is 18.8 Å². The third kappa shape index (κ3) is 4.05. The van der Waals surface area contributed by atoms with Crippen molar-refractivity contribution >= 4 is 23.6 Å². The molecule has 1 aromatic heterocycles. The molecule has 2 aliphatic rings. The van der Waals surface area contributed by atoms with Gasteiger partial charge in [-0.2, -0.15) is 0 Å². The molecule has 142 valence electrons. The van der Waals surface area contributed by atoms with E-state index in [-0.39, 0.29) is 17.9 Å². The molecular weight excluding hydrogens is 360 g/mol. The van der Waals surface area contributed by atoms with Crippen LogP contribution in [-0.2, 0) is 11.2 Å². The van der Waals surface area contributed by atoms with Crippen molar-refractivity contribution in [2.24, 2.45) is 5.92 Å². The van der Waals surface area contributed by atoms with Crippen LogP contribution in [0.4, 0.5) is 0 Å². The first-order valence-corrected chi connectivity index (χ1v) is 10.6. The van der Waals surface area contributed by atoms with Gasteiger partial charge in [0.15, 0.2) is 5.76 Å². The summed E-state index contributed by atoms with van der Waals surface area (Å²) < 4.78 is 5.23. The highest BCUT2D eigenvalue weighted by atomic mass is 32.2. The molecule has 27 heavy (non-hydrogen) atoms. The molecule has 0 aliphatic carbocycles. The lowest BCUT2D eigenvalue weighted by Gasteiger charge is -2.35. The van der Waals surface area contributed by atoms with Gasteiger partial charge in [-0.05, 0) is 42.9 Å². The predicted molar refractivity (Wildman–Crippen MR) is 105 cm³/mol. The summed E-state index contributed by atoms with van der Waals surface area (Å²) in [6.45, 7) is 1.56. The Morgan fingerprint density at radius 3 is 2.56 bits per heavy atom. The van der Waals surface area contributed by atoms with Crippen molar-refractivity contribution in [1.29, 1.82) is 0 Å². The molecule has 0 radical (unpaired) electrons. The third-order valence-corrected chi connectivity index (χ3v) is 6.47. The van der Waals surface area contributed by atoms with E-state index in [1.54, 1.807) is 28.8 Å². The van der Waals surface area contributed by atoms with Crippen LogP contribution in [0, 0.1) is 5.92 Å². The van der Waals surface area contributed by atoms with E-state index in [1.807, 2.05) is 11.0 Å². The molecule has 1 atom stereocenters. The first-order valence-electron chi connectivity index (χ1n) is 9.47. The Bertz CT molecular complexity index is 770. The molecule has 6 heteroatoms. The van der Waals surface area contributed by atoms with Crippen LogP contribution in [0.1, 0.15) is 29.0 Å². The van der Waals surface area contributed by atoms with Crippen LogP contribution in [0.5, 0.6) is 0 Å². The summed E-state index contributed by atoms with van der Waals surface area (Å²) in [6.07, 6.45) is 4.61. The second kappa shape index (κ2) is 8.21. The van der Waals surface area contributed by atoms with Gasteiger partial charge >= 0.3 is 0 Å². The molecule has 0 bridgehead atoms. The van der Waals surface area contributed by atoms with Crippen molar-refractivity contribution in [2.45, 2.75) is 25.3 Å². The smallest absolute Gasteiger partial charge is 0.290 e. The third-order valence-electron chi connectivity index (χ3n) is 5.45. The number of carbonyl (C=O) groups excluding carboxylic acids is 2. The van der Waals surface area contributed by atoms with Crippen molar-refractivity contribution in [3.8, 4) is 0 Å². The average Bonchev–Trinajstić information content (AvgIpc) is 3.40. The minimum atomic E-state index is -0.377. The molecule has 0 spiro atoms. The van der Waals surface area contributed by atoms with Gasteiger partial charge in [0.2, 0.25) is 5.91 Å². The summed E-state index contributed by atoms with van der Waals surface area (Å²) in [5.41, 5.74) is 1.37. The second-order valence-corrected chi connectivity index (χ2v) is 8.23. The van der Waals surface area contributed by atoms with Crippen molar-refractivity contribution in [3.63, 3.8) is 0 Å². The highest BCUT2D eigenvalue weighted by Crippen LogP contribution is 2.27. The largest absolute Gasteiger partial charge is 0.459 e. The lowest BCUT2D eigenvalue weighted by atomic mass is 9.90. The Labute approximate surface area is 163 Å². The van der Waals surface area contributed by atoms with Crippen molar-refractivity contribution in [2.75, 3.05) is 24.7 Å². The van der Waals surface area contributed by atoms with E-state index in [2.05, 4.69) is 24.3 Å². The summed E-state index contributed by atoms with van der Waals surface area (Å²) in [5, 5.41) is 0. The lowest BCUT2D eigenvalue weighted by Crippen LogP contribution is -2.51. The van der Waals surface area contributed by atoms with Gasteiger partial charge in [-0.1, -0.05) is 30.3 Å². The Balaban J connectivity index is 1.34. The van der Waals surface area contributed by atoms with Gasteiger partial charge in [-0.15, -0.1) is 11.8 Å². The van der Waals surface area contributed by atoms with Crippen LogP contribution in [0.3, 0.4) is 0 Å². The number of amides is 2. The predicted octanol–water partition coefficient (Wildman–Crippen LogP) is 3.28. The Kier molecular flexibility index (Phi) is 5.53. The number of piperidine rings is 1. The molecule has 4 rings (SSSR count). The van der Waals surface area contributed by atoms with Gasteiger partial charge in [-0.25, -0.2) is 0 Å². The topological polar surface area (TPSA) is 53.8 Å². The van der Waals surface area contributed by atoms with Crippen molar-refractivity contribution in [3.05, 3.63) is 60.1 Å². The van der Waals surface area contributed by atoms with E-state index in [0.717, 1.165) is 32.4 Å². The molecule has 3 heterocycles. The SMILES string of the molecule is O=C(C1CSCN1C(=O)c1ccco1)N1CCC(Cc2ccccc2)CC1. The zero-order chi connectivity index (χ0) is 18.6. The molecule has 2 aliphatic heterocycles. The number of benzene rings is 1. The molecule has 2 saturated heterocycles. The minimum absolute atomic E-state index is 0.0815. The van der Waals surface area contributed by atoms with E-state index >= 15 is 0 Å². The normalized spacial score (nSPS) is 20.8. The fourth-order valence-corrected chi connectivity index (χ4v) is 5.05. The number of likely N-dealkylation sites (tertiary alicyclic amines) is 1. The summed E-state index contributed by atoms with van der Waals surface area (Å²) in [6, 6.07) is 13.5. The van der Waals surface area contributed by atoms with Crippen molar-refractivity contribution < 1.29 is 14.0 Å². The Morgan fingerprint density at radius 1 is 1.07 bits per heavy atom. The zero-order valence-corrected chi connectivity index (χ0v) is 16.1. The van der Waals surface area contributed by atoms with E-state index in [1.165, 1.54) is 11.8 Å². The summed E-state index contributed by atoms with van der Waals surface area (Å²) in [4.78, 5) is 29.2. The van der Waals surface area contributed by atoms with Crippen LogP contribution in [-0.4, -0.2) is 52.4 Å². The van der Waals surface area contributed by atoms with Gasteiger partial charge in [-0.3, -0.25) is 9.59 Å². The van der Waals surface area contributed by atoms with Crippen LogP contribution in [0.15, 0.2) is 53.1 Å². The molecule has 2 aromatic rings. The monoisotopic (exact) mass is 384 g/mol. The summed E-state index contributed by atoms with van der Waals surface area (Å²) in [5.74, 6) is 2.02. The molecule has 1 unspecified atom stereocenters. The van der Waals surface area contributed by atoms with E-state index < -0.39 is 0 Å². The van der Waals surface area contributed by atoms with Crippen LogP contribution < -0.4 is 0 Å². The number of furan rings is 1. The Hall–Kier alpha value is -2.21. The van der Waals surface area contributed by atoms with Crippen molar-refractivity contribution in [1.82, 2.24) is 9.80 Å². The number of hydrogen-bond acceptors (Lipinski definition) is 4. The summed E-state index contributed by atoms with van der Waals surface area (Å²) in [7, 11) is 0. The molecule has 0 N–H and O–H groups in total. The average molecular weight is 385 g/mol. The van der Waals surface area contributed by atoms with Gasteiger partial charge in [0.1, 0.15) is 6.04 Å². The highest BCUT2D eigenvalue weighted by molar-refractivity contribution is 7.99. The molecule has 1 aromatic carbocycles. The fraction of sp³-hybridized carbons (Fsp3) is 0.429. The molecular formula is C21H24N2O3S. The molecule has 0 saturated carbocycles. The minimum Gasteiger partial charge on any atom is -0.459 e. The molecule has 2 amide bonds. The number of hydrogen-bond donors (Lipinski definition) is 0. The number of nitrogens with zero attached hydrogens (tertiary/aromatic N) is 2. The number of carbonyl (C=O) groups is 2. The van der Waals surface area contributed by atoms with E-state index in [4.69, 9.17) is 4.42 Å². The standard InChI is InChI=1S/C21H24N2O3S/c24-20(18-14-27-15-23(18)21(25)19-7-4-12-26-19)22-10-8-17(9-11-22)13-16-5-2-1-3-6-16/h1-7,12,17-18H,8-11,13-15H2. The summed E-state index contributed by atoms with van der Waals surface area (Å²) >= 11 is 1.63. The van der Waals surface area contributed by atoms with Gasteiger partial charge in [0.25, 0.3) is 5.91 Å². The van der Waals surface area contributed by atoms with E-state index in [0.29, 0.717) is 23.3 Å². The van der Waals surface area contributed by atoms with Crippen LogP contribution in [0.2, 0.25) is 0 Å². The van der Waals surface area contributed by atoms with E-state index in [9.17, 15) is 9.59 Å². The zero-order valence-electron chi connectivity index (χ0n) is 15.3. The van der Waals surface area contributed by atoms with Gasteiger partial charge in [0.05, 0.1) is 12.1 Å². The molecule has 2 fully saturated rings. The quantitative estimate of drug-likeness (QED) is 0.812. The van der Waals surface area contributed by atoms with Crippen LogP contribution >= 0.6 is 11.8 Å². The second-order valence-electron chi connectivity index (χ2n) is 7.23. The van der Waals surface area contributed by atoms with Crippen LogP contribution in [0.25, 0.3) is 0 Å². The maximum Gasteiger partial charge on any atom is 0.290 e. The maximum atomic E-state index is 13.0. The van der Waals surface area contributed by atoms with Gasteiger partial charge < -0.3 is 14.2 Å². The lowest BCUT2D eigenvalue weighted by molar-refractivity contribution is -0.136. The first-order chi connectivity index (χ1) is 13.2. The number of thioether (sulfide) groups is 1. The Morgan fingerprint density at radius 2 is 1.85 bits per heavy atom. The first kappa shape index (κ1) is 18.2. The molecule has 5 nitrogen and oxygen atoms in total. The number of rotatable bonds is 4. The highest BCUT2D eigenvalue weighted by Gasteiger charge is 2.39. The fourth-order valence-electron chi connectivity index (χ4n) is 3.90.